The number of rotatable bonds is 3. The second-order valence-electron chi connectivity index (χ2n) is 5.35. The maximum Gasteiger partial charge on any atom is 0.264 e. The summed E-state index contributed by atoms with van der Waals surface area (Å²) < 4.78 is 16.3. The lowest BCUT2D eigenvalue weighted by Crippen LogP contribution is -2.21. The van der Waals surface area contributed by atoms with Crippen molar-refractivity contribution in [2.75, 3.05) is 0 Å². The Kier molecular flexibility index (Phi) is 3.70. The van der Waals surface area contributed by atoms with E-state index in [1.807, 2.05) is 13.8 Å². The highest BCUT2D eigenvalue weighted by Gasteiger charge is 2.12. The highest BCUT2D eigenvalue weighted by atomic mass is 35.5. The van der Waals surface area contributed by atoms with E-state index in [-0.39, 0.29) is 23.2 Å². The quantitative estimate of drug-likeness (QED) is 0.745. The first-order valence-electron chi connectivity index (χ1n) is 6.84. The van der Waals surface area contributed by atoms with Gasteiger partial charge in [-0.15, -0.1) is 0 Å². The molecule has 0 amide bonds. The molecule has 0 fully saturated rings. The molecule has 3 aromatic rings. The van der Waals surface area contributed by atoms with Gasteiger partial charge in [0.2, 0.25) is 0 Å². The van der Waals surface area contributed by atoms with Gasteiger partial charge in [-0.1, -0.05) is 17.7 Å². The van der Waals surface area contributed by atoms with Crippen LogP contribution in [0.3, 0.4) is 0 Å². The molecule has 0 bridgehead atoms. The Bertz CT molecular complexity index is 900. The maximum absolute atomic E-state index is 13.2. The Balaban J connectivity index is 2.03. The van der Waals surface area contributed by atoms with E-state index in [0.717, 1.165) is 5.56 Å². The number of benzene rings is 1. The second kappa shape index (κ2) is 5.53. The van der Waals surface area contributed by atoms with Crippen LogP contribution in [0.5, 0.6) is 0 Å². The molecule has 2 heterocycles. The van der Waals surface area contributed by atoms with Gasteiger partial charge in [-0.2, -0.15) is 5.10 Å². The van der Waals surface area contributed by atoms with Crippen LogP contribution in [-0.2, 0) is 6.54 Å². The van der Waals surface area contributed by atoms with Gasteiger partial charge in [-0.05, 0) is 31.5 Å². The zero-order valence-corrected chi connectivity index (χ0v) is 12.9. The average Bonchev–Trinajstić information content (AvgIpc) is 2.91. The SMILES string of the molecule is CC(C)n1ncc2c(=O)n(Cc3ccc(F)c(Cl)c3)cnc21. The van der Waals surface area contributed by atoms with Crippen LogP contribution in [0, 0.1) is 5.82 Å². The number of hydrogen-bond acceptors (Lipinski definition) is 3. The zero-order chi connectivity index (χ0) is 15.9. The van der Waals surface area contributed by atoms with Crippen molar-refractivity contribution in [1.82, 2.24) is 19.3 Å². The molecule has 1 aromatic carbocycles. The Labute approximate surface area is 131 Å². The number of nitrogens with zero attached hydrogens (tertiary/aromatic N) is 4. The number of halogens is 2. The number of hydrogen-bond donors (Lipinski definition) is 0. The summed E-state index contributed by atoms with van der Waals surface area (Å²) in [6, 6.07) is 4.50. The van der Waals surface area contributed by atoms with Crippen molar-refractivity contribution in [3.8, 4) is 0 Å². The molecule has 0 radical (unpaired) electrons. The first-order chi connectivity index (χ1) is 10.5. The monoisotopic (exact) mass is 320 g/mol. The summed E-state index contributed by atoms with van der Waals surface area (Å²) in [6.45, 7) is 4.22. The van der Waals surface area contributed by atoms with E-state index in [1.165, 1.54) is 29.2 Å². The lowest BCUT2D eigenvalue weighted by molar-refractivity contribution is 0.545. The van der Waals surface area contributed by atoms with Gasteiger partial charge in [0.05, 0.1) is 17.8 Å². The molecule has 0 unspecified atom stereocenters. The van der Waals surface area contributed by atoms with Crippen molar-refractivity contribution in [3.63, 3.8) is 0 Å². The fourth-order valence-corrected chi connectivity index (χ4v) is 2.50. The Morgan fingerprint density at radius 2 is 2.14 bits per heavy atom. The van der Waals surface area contributed by atoms with Crippen molar-refractivity contribution >= 4 is 22.6 Å². The standard InChI is InChI=1S/C15H14ClFN4O/c1-9(2)21-14-11(6-19-21)15(22)20(8-18-14)7-10-3-4-13(17)12(16)5-10/h3-6,8-9H,7H2,1-2H3. The smallest absolute Gasteiger partial charge is 0.264 e. The molecular formula is C15H14ClFN4O. The summed E-state index contributed by atoms with van der Waals surface area (Å²) in [5.41, 5.74) is 1.11. The average molecular weight is 321 g/mol. The Morgan fingerprint density at radius 3 is 2.82 bits per heavy atom. The van der Waals surface area contributed by atoms with E-state index >= 15 is 0 Å². The molecule has 2 aromatic heterocycles. The summed E-state index contributed by atoms with van der Waals surface area (Å²) >= 11 is 5.76. The van der Waals surface area contributed by atoms with Gasteiger partial charge >= 0.3 is 0 Å². The molecule has 114 valence electrons. The molecule has 22 heavy (non-hydrogen) atoms. The number of aromatic nitrogens is 4. The second-order valence-corrected chi connectivity index (χ2v) is 5.75. The van der Waals surface area contributed by atoms with Crippen molar-refractivity contribution < 1.29 is 4.39 Å². The van der Waals surface area contributed by atoms with Crippen LogP contribution in [-0.4, -0.2) is 19.3 Å². The minimum atomic E-state index is -0.482. The Morgan fingerprint density at radius 1 is 1.36 bits per heavy atom. The predicted octanol–water partition coefficient (Wildman–Crippen LogP) is 3.01. The Hall–Kier alpha value is -2.21. The summed E-state index contributed by atoms with van der Waals surface area (Å²) in [4.78, 5) is 16.8. The third-order valence-electron chi connectivity index (χ3n) is 3.41. The minimum absolute atomic E-state index is 0.0345. The molecule has 0 aliphatic carbocycles. The van der Waals surface area contributed by atoms with Crippen LogP contribution >= 0.6 is 11.6 Å². The van der Waals surface area contributed by atoms with Gasteiger partial charge in [-0.25, -0.2) is 14.1 Å². The molecule has 3 rings (SSSR count). The maximum atomic E-state index is 13.2. The fourth-order valence-electron chi connectivity index (χ4n) is 2.29. The van der Waals surface area contributed by atoms with E-state index < -0.39 is 5.82 Å². The fraction of sp³-hybridized carbons (Fsp3) is 0.267. The third kappa shape index (κ3) is 2.50. The summed E-state index contributed by atoms with van der Waals surface area (Å²) in [5, 5.41) is 4.70. The van der Waals surface area contributed by atoms with Gasteiger partial charge < -0.3 is 0 Å². The predicted molar refractivity (Wildman–Crippen MR) is 82.7 cm³/mol. The molecule has 5 nitrogen and oxygen atoms in total. The largest absolute Gasteiger partial charge is 0.294 e. The molecule has 0 spiro atoms. The van der Waals surface area contributed by atoms with E-state index in [0.29, 0.717) is 11.0 Å². The van der Waals surface area contributed by atoms with Crippen molar-refractivity contribution in [2.45, 2.75) is 26.4 Å². The lowest BCUT2D eigenvalue weighted by atomic mass is 10.2. The highest BCUT2D eigenvalue weighted by molar-refractivity contribution is 6.30. The van der Waals surface area contributed by atoms with Crippen molar-refractivity contribution in [1.29, 1.82) is 0 Å². The van der Waals surface area contributed by atoms with Gasteiger partial charge in [-0.3, -0.25) is 9.36 Å². The lowest BCUT2D eigenvalue weighted by Gasteiger charge is -2.08. The molecule has 0 N–H and O–H groups in total. The third-order valence-corrected chi connectivity index (χ3v) is 3.70. The molecule has 0 saturated carbocycles. The van der Waals surface area contributed by atoms with Crippen LogP contribution in [0.2, 0.25) is 5.02 Å². The van der Waals surface area contributed by atoms with Crippen LogP contribution in [0.1, 0.15) is 25.5 Å². The molecule has 0 aliphatic rings. The molecule has 0 saturated heterocycles. The number of fused-ring (bicyclic) bond motifs is 1. The first kappa shape index (κ1) is 14.7. The van der Waals surface area contributed by atoms with Crippen LogP contribution in [0.4, 0.5) is 4.39 Å². The van der Waals surface area contributed by atoms with Gasteiger partial charge in [0.1, 0.15) is 17.5 Å². The van der Waals surface area contributed by atoms with Crippen LogP contribution < -0.4 is 5.56 Å². The normalized spacial score (nSPS) is 11.5. The van der Waals surface area contributed by atoms with E-state index in [9.17, 15) is 9.18 Å². The topological polar surface area (TPSA) is 52.7 Å². The molecular weight excluding hydrogens is 307 g/mol. The summed E-state index contributed by atoms with van der Waals surface area (Å²) in [7, 11) is 0. The van der Waals surface area contributed by atoms with E-state index in [2.05, 4.69) is 10.1 Å². The van der Waals surface area contributed by atoms with Gasteiger partial charge in [0, 0.05) is 6.04 Å². The van der Waals surface area contributed by atoms with Gasteiger partial charge in [0.25, 0.3) is 5.56 Å². The molecule has 0 aliphatic heterocycles. The van der Waals surface area contributed by atoms with Crippen molar-refractivity contribution in [2.24, 2.45) is 0 Å². The summed E-state index contributed by atoms with van der Waals surface area (Å²) in [5.74, 6) is -0.482. The zero-order valence-electron chi connectivity index (χ0n) is 12.1. The summed E-state index contributed by atoms with van der Waals surface area (Å²) in [6.07, 6.45) is 3.00. The van der Waals surface area contributed by atoms with E-state index in [4.69, 9.17) is 11.6 Å². The molecule has 7 heteroatoms. The molecule has 0 atom stereocenters. The van der Waals surface area contributed by atoms with Crippen LogP contribution in [0.15, 0.2) is 35.5 Å². The minimum Gasteiger partial charge on any atom is -0.294 e. The van der Waals surface area contributed by atoms with Gasteiger partial charge in [0.15, 0.2) is 5.65 Å². The van der Waals surface area contributed by atoms with E-state index in [1.54, 1.807) is 10.7 Å². The highest BCUT2D eigenvalue weighted by Crippen LogP contribution is 2.17. The van der Waals surface area contributed by atoms with Crippen molar-refractivity contribution in [3.05, 3.63) is 57.5 Å². The first-order valence-corrected chi connectivity index (χ1v) is 7.21. The van der Waals surface area contributed by atoms with Crippen LogP contribution in [0.25, 0.3) is 11.0 Å².